The summed E-state index contributed by atoms with van der Waals surface area (Å²) in [4.78, 5) is 1.04. The molecule has 2 aromatic rings. The first-order valence-electron chi connectivity index (χ1n) is 4.69. The standard InChI is InChI=1S/C11H11BrOS2/c12-9-5-11(15-7-9)10(13)2-1-8-3-4-14-6-8/h3-7,10,13H,1-2H2. The Kier molecular flexibility index (Phi) is 3.97. The van der Waals surface area contributed by atoms with Crippen LogP contribution in [0.1, 0.15) is 23.0 Å². The molecule has 0 saturated carbocycles. The minimum Gasteiger partial charge on any atom is -0.388 e. The molecule has 0 aromatic carbocycles. The first-order valence-corrected chi connectivity index (χ1v) is 7.30. The third kappa shape index (κ3) is 3.14. The molecule has 1 nitrogen and oxygen atoms in total. The molecular formula is C11H11BrOS2. The van der Waals surface area contributed by atoms with Crippen LogP contribution >= 0.6 is 38.6 Å². The Morgan fingerprint density at radius 1 is 1.40 bits per heavy atom. The van der Waals surface area contributed by atoms with E-state index in [0.717, 1.165) is 22.2 Å². The number of hydrogen-bond donors (Lipinski definition) is 1. The Morgan fingerprint density at radius 2 is 2.27 bits per heavy atom. The van der Waals surface area contributed by atoms with Crippen molar-refractivity contribution in [3.63, 3.8) is 0 Å². The van der Waals surface area contributed by atoms with Gasteiger partial charge in [0.05, 0.1) is 6.10 Å². The van der Waals surface area contributed by atoms with E-state index in [4.69, 9.17) is 0 Å². The van der Waals surface area contributed by atoms with Crippen LogP contribution in [0.15, 0.2) is 32.7 Å². The Hall–Kier alpha value is -0.160. The van der Waals surface area contributed by atoms with E-state index in [1.54, 1.807) is 22.7 Å². The van der Waals surface area contributed by atoms with E-state index in [1.807, 2.05) is 11.4 Å². The Morgan fingerprint density at radius 3 is 2.87 bits per heavy atom. The van der Waals surface area contributed by atoms with E-state index in [1.165, 1.54) is 5.56 Å². The zero-order valence-corrected chi connectivity index (χ0v) is 11.2. The largest absolute Gasteiger partial charge is 0.388 e. The highest BCUT2D eigenvalue weighted by atomic mass is 79.9. The average molecular weight is 303 g/mol. The maximum absolute atomic E-state index is 9.93. The van der Waals surface area contributed by atoms with Crippen LogP contribution in [0.5, 0.6) is 0 Å². The lowest BCUT2D eigenvalue weighted by atomic mass is 10.1. The number of aryl methyl sites for hydroxylation is 1. The van der Waals surface area contributed by atoms with Crippen molar-refractivity contribution in [1.29, 1.82) is 0 Å². The van der Waals surface area contributed by atoms with E-state index < -0.39 is 0 Å². The van der Waals surface area contributed by atoms with Gasteiger partial charge in [-0.25, -0.2) is 0 Å². The van der Waals surface area contributed by atoms with Crippen molar-refractivity contribution >= 4 is 38.6 Å². The van der Waals surface area contributed by atoms with Crippen LogP contribution in [0.4, 0.5) is 0 Å². The lowest BCUT2D eigenvalue weighted by Gasteiger charge is -2.06. The van der Waals surface area contributed by atoms with E-state index in [2.05, 4.69) is 32.8 Å². The normalized spacial score (nSPS) is 12.9. The molecule has 0 aliphatic rings. The molecule has 1 N–H and O–H groups in total. The van der Waals surface area contributed by atoms with Gasteiger partial charge in [0.2, 0.25) is 0 Å². The van der Waals surface area contributed by atoms with Crippen LogP contribution in [0.3, 0.4) is 0 Å². The lowest BCUT2D eigenvalue weighted by molar-refractivity contribution is 0.171. The van der Waals surface area contributed by atoms with Crippen LogP contribution in [0, 0.1) is 0 Å². The Balaban J connectivity index is 1.90. The maximum Gasteiger partial charge on any atom is 0.0885 e. The summed E-state index contributed by atoms with van der Waals surface area (Å²) >= 11 is 6.70. The Bertz CT molecular complexity index is 408. The smallest absolute Gasteiger partial charge is 0.0885 e. The highest BCUT2D eigenvalue weighted by molar-refractivity contribution is 9.10. The van der Waals surface area contributed by atoms with Crippen LogP contribution < -0.4 is 0 Å². The van der Waals surface area contributed by atoms with Crippen molar-refractivity contribution in [2.24, 2.45) is 0 Å². The van der Waals surface area contributed by atoms with Crippen LogP contribution in [0.25, 0.3) is 0 Å². The van der Waals surface area contributed by atoms with Gasteiger partial charge in [-0.2, -0.15) is 11.3 Å². The minimum absolute atomic E-state index is 0.332. The summed E-state index contributed by atoms with van der Waals surface area (Å²) in [6.45, 7) is 0. The molecule has 0 amide bonds. The summed E-state index contributed by atoms with van der Waals surface area (Å²) in [6, 6.07) is 4.10. The summed E-state index contributed by atoms with van der Waals surface area (Å²) in [6.07, 6.45) is 1.41. The molecule has 0 aliphatic carbocycles. The predicted molar refractivity (Wildman–Crippen MR) is 69.6 cm³/mol. The summed E-state index contributed by atoms with van der Waals surface area (Å²) in [5.74, 6) is 0. The molecule has 1 unspecified atom stereocenters. The predicted octanol–water partition coefficient (Wildman–Crippen LogP) is 4.24. The molecule has 4 heteroatoms. The van der Waals surface area contributed by atoms with Gasteiger partial charge >= 0.3 is 0 Å². The SMILES string of the molecule is OC(CCc1ccsc1)c1cc(Br)cs1. The van der Waals surface area contributed by atoms with Gasteiger partial charge in [0.15, 0.2) is 0 Å². The average Bonchev–Trinajstić information content (AvgIpc) is 2.84. The summed E-state index contributed by atoms with van der Waals surface area (Å²) in [5.41, 5.74) is 1.31. The number of aliphatic hydroxyl groups excluding tert-OH is 1. The number of thiophene rings is 2. The number of rotatable bonds is 4. The minimum atomic E-state index is -0.332. The van der Waals surface area contributed by atoms with Crippen molar-refractivity contribution in [3.05, 3.63) is 43.2 Å². The van der Waals surface area contributed by atoms with E-state index in [9.17, 15) is 5.11 Å². The molecule has 0 spiro atoms. The molecule has 80 valence electrons. The molecule has 2 aromatic heterocycles. The van der Waals surface area contributed by atoms with Crippen molar-refractivity contribution in [3.8, 4) is 0 Å². The van der Waals surface area contributed by atoms with Gasteiger partial charge in [-0.05, 0) is 57.2 Å². The molecule has 1 atom stereocenters. The quantitative estimate of drug-likeness (QED) is 0.896. The fourth-order valence-electron chi connectivity index (χ4n) is 1.38. The maximum atomic E-state index is 9.93. The van der Waals surface area contributed by atoms with E-state index in [0.29, 0.717) is 0 Å². The van der Waals surface area contributed by atoms with Gasteiger partial charge in [-0.1, -0.05) is 0 Å². The molecular weight excluding hydrogens is 292 g/mol. The van der Waals surface area contributed by atoms with E-state index >= 15 is 0 Å². The van der Waals surface area contributed by atoms with Gasteiger partial charge in [-0.3, -0.25) is 0 Å². The lowest BCUT2D eigenvalue weighted by Crippen LogP contribution is -1.96. The third-order valence-corrected chi connectivity index (χ3v) is 4.73. The second-order valence-electron chi connectivity index (χ2n) is 3.35. The van der Waals surface area contributed by atoms with Gasteiger partial charge < -0.3 is 5.11 Å². The number of aliphatic hydroxyl groups is 1. The topological polar surface area (TPSA) is 20.2 Å². The van der Waals surface area contributed by atoms with Gasteiger partial charge in [0.1, 0.15) is 0 Å². The van der Waals surface area contributed by atoms with Crippen LogP contribution in [-0.2, 0) is 6.42 Å². The van der Waals surface area contributed by atoms with E-state index in [-0.39, 0.29) is 6.10 Å². The second-order valence-corrected chi connectivity index (χ2v) is 5.99. The highest BCUT2D eigenvalue weighted by Gasteiger charge is 2.10. The van der Waals surface area contributed by atoms with Crippen molar-refractivity contribution < 1.29 is 5.11 Å². The fraction of sp³-hybridized carbons (Fsp3) is 0.273. The fourth-order valence-corrected chi connectivity index (χ4v) is 3.55. The first-order chi connectivity index (χ1) is 7.25. The van der Waals surface area contributed by atoms with Crippen molar-refractivity contribution in [1.82, 2.24) is 0 Å². The van der Waals surface area contributed by atoms with Crippen LogP contribution in [0.2, 0.25) is 0 Å². The summed E-state index contributed by atoms with van der Waals surface area (Å²) in [7, 11) is 0. The second kappa shape index (κ2) is 5.25. The Labute approximate surface area is 106 Å². The summed E-state index contributed by atoms with van der Waals surface area (Å²) in [5, 5.41) is 16.1. The summed E-state index contributed by atoms with van der Waals surface area (Å²) < 4.78 is 1.05. The zero-order chi connectivity index (χ0) is 10.7. The molecule has 0 bridgehead atoms. The highest BCUT2D eigenvalue weighted by Crippen LogP contribution is 2.28. The molecule has 2 heterocycles. The molecule has 15 heavy (non-hydrogen) atoms. The van der Waals surface area contributed by atoms with Crippen molar-refractivity contribution in [2.45, 2.75) is 18.9 Å². The third-order valence-electron chi connectivity index (χ3n) is 2.20. The number of hydrogen-bond acceptors (Lipinski definition) is 3. The van der Waals surface area contributed by atoms with Crippen molar-refractivity contribution in [2.75, 3.05) is 0 Å². The monoisotopic (exact) mass is 302 g/mol. The molecule has 0 aliphatic heterocycles. The van der Waals surface area contributed by atoms with Crippen LogP contribution in [-0.4, -0.2) is 5.11 Å². The molecule has 2 rings (SSSR count). The molecule has 0 saturated heterocycles. The molecule has 0 fully saturated rings. The first kappa shape index (κ1) is 11.3. The zero-order valence-electron chi connectivity index (χ0n) is 8.02. The van der Waals surface area contributed by atoms with Gasteiger partial charge in [0, 0.05) is 14.7 Å². The van der Waals surface area contributed by atoms with Gasteiger partial charge in [-0.15, -0.1) is 11.3 Å². The van der Waals surface area contributed by atoms with Gasteiger partial charge in [0.25, 0.3) is 0 Å². The molecule has 0 radical (unpaired) electrons. The number of halogens is 1.